The number of thioether (sulfide) groups is 1. The van der Waals surface area contributed by atoms with E-state index in [1.165, 1.54) is 27.4 Å². The molecule has 1 aromatic heterocycles. The van der Waals surface area contributed by atoms with Gasteiger partial charge in [0.1, 0.15) is 0 Å². The van der Waals surface area contributed by atoms with Crippen molar-refractivity contribution in [3.63, 3.8) is 0 Å². The van der Waals surface area contributed by atoms with Crippen LogP contribution >= 0.6 is 23.1 Å². The summed E-state index contributed by atoms with van der Waals surface area (Å²) in [6, 6.07) is 7.50. The van der Waals surface area contributed by atoms with Crippen LogP contribution < -0.4 is 5.32 Å². The molecular formula is C19H24N4O3S3. The van der Waals surface area contributed by atoms with Gasteiger partial charge in [-0.05, 0) is 30.9 Å². The van der Waals surface area contributed by atoms with E-state index in [9.17, 15) is 13.2 Å². The van der Waals surface area contributed by atoms with Crippen LogP contribution in [0.25, 0.3) is 0 Å². The number of hydrogen-bond donors (Lipinski definition) is 1. The van der Waals surface area contributed by atoms with Gasteiger partial charge in [0.15, 0.2) is 4.34 Å². The highest BCUT2D eigenvalue weighted by Gasteiger charge is 2.31. The zero-order chi connectivity index (χ0) is 20.9. The van der Waals surface area contributed by atoms with Gasteiger partial charge in [0.05, 0.1) is 5.75 Å². The van der Waals surface area contributed by atoms with E-state index in [0.29, 0.717) is 31.1 Å². The summed E-state index contributed by atoms with van der Waals surface area (Å²) in [4.78, 5) is 12.5. The van der Waals surface area contributed by atoms with Gasteiger partial charge in [0, 0.05) is 24.8 Å². The second-order valence-electron chi connectivity index (χ2n) is 6.82. The molecule has 1 amide bonds. The van der Waals surface area contributed by atoms with E-state index in [1.807, 2.05) is 31.2 Å². The second kappa shape index (κ2) is 9.84. The average Bonchev–Trinajstić information content (AvgIpc) is 3.15. The number of aromatic nitrogens is 2. The molecule has 0 bridgehead atoms. The third kappa shape index (κ3) is 5.88. The first-order chi connectivity index (χ1) is 13.9. The molecule has 156 valence electrons. The highest BCUT2D eigenvalue weighted by atomic mass is 32.2. The third-order valence-electron chi connectivity index (χ3n) is 4.78. The number of sulfonamides is 1. The van der Waals surface area contributed by atoms with Crippen LogP contribution in [0.3, 0.4) is 0 Å². The van der Waals surface area contributed by atoms with Crippen molar-refractivity contribution < 1.29 is 13.2 Å². The first-order valence-corrected chi connectivity index (χ1v) is 12.7. The van der Waals surface area contributed by atoms with Gasteiger partial charge in [-0.1, -0.05) is 53.4 Å². The normalized spacial score (nSPS) is 15.9. The minimum Gasteiger partial charge on any atom is -0.300 e. The molecule has 2 heterocycles. The molecular weight excluding hydrogens is 428 g/mol. The Morgan fingerprint density at radius 2 is 2.07 bits per heavy atom. The van der Waals surface area contributed by atoms with Crippen molar-refractivity contribution in [1.29, 1.82) is 0 Å². The molecule has 0 saturated carbocycles. The molecule has 1 aliphatic heterocycles. The van der Waals surface area contributed by atoms with Gasteiger partial charge in [0.2, 0.25) is 21.1 Å². The first-order valence-electron chi connectivity index (χ1n) is 9.29. The molecule has 3 rings (SSSR count). The summed E-state index contributed by atoms with van der Waals surface area (Å²) < 4.78 is 27.8. The lowest BCUT2D eigenvalue weighted by atomic mass is 9.97. The van der Waals surface area contributed by atoms with Crippen molar-refractivity contribution in [2.75, 3.05) is 24.2 Å². The Labute approximate surface area is 179 Å². The van der Waals surface area contributed by atoms with E-state index in [2.05, 4.69) is 22.1 Å². The highest BCUT2D eigenvalue weighted by molar-refractivity contribution is 8.01. The smallest absolute Gasteiger partial charge is 0.229 e. The fraction of sp³-hybridized carbons (Fsp3) is 0.421. The van der Waals surface area contributed by atoms with Gasteiger partial charge in [-0.2, -0.15) is 0 Å². The molecule has 1 fully saturated rings. The number of hydrogen-bond acceptors (Lipinski definition) is 7. The van der Waals surface area contributed by atoms with Crippen molar-refractivity contribution in [3.05, 3.63) is 48.0 Å². The van der Waals surface area contributed by atoms with Gasteiger partial charge in [-0.15, -0.1) is 16.8 Å². The minimum absolute atomic E-state index is 0.00747. The third-order valence-corrected chi connectivity index (χ3v) is 8.57. The van der Waals surface area contributed by atoms with Gasteiger partial charge >= 0.3 is 0 Å². The largest absolute Gasteiger partial charge is 0.300 e. The average molecular weight is 453 g/mol. The molecule has 1 N–H and O–H groups in total. The number of nitrogens with zero attached hydrogens (tertiary/aromatic N) is 3. The Morgan fingerprint density at radius 1 is 1.34 bits per heavy atom. The Bertz CT molecular complexity index is 967. The zero-order valence-electron chi connectivity index (χ0n) is 16.2. The zero-order valence-corrected chi connectivity index (χ0v) is 18.7. The lowest BCUT2D eigenvalue weighted by Gasteiger charge is -2.30. The van der Waals surface area contributed by atoms with E-state index in [4.69, 9.17) is 0 Å². The maximum Gasteiger partial charge on any atom is 0.229 e. The van der Waals surface area contributed by atoms with Crippen LogP contribution in [0.2, 0.25) is 0 Å². The quantitative estimate of drug-likeness (QED) is 0.375. The van der Waals surface area contributed by atoms with Crippen LogP contribution in [0, 0.1) is 12.8 Å². The Balaban J connectivity index is 1.53. The molecule has 0 aliphatic carbocycles. The van der Waals surface area contributed by atoms with Crippen LogP contribution in [-0.4, -0.2) is 47.7 Å². The molecule has 0 atom stereocenters. The number of anilines is 1. The maximum atomic E-state index is 12.8. The number of rotatable bonds is 8. The lowest BCUT2D eigenvalue weighted by molar-refractivity contribution is -0.120. The van der Waals surface area contributed by atoms with E-state index in [-0.39, 0.29) is 17.6 Å². The molecule has 2 aromatic rings. The number of carbonyl (C=O) groups excluding carboxylic acids is 1. The van der Waals surface area contributed by atoms with Gasteiger partial charge in [0.25, 0.3) is 0 Å². The number of carbonyl (C=O) groups is 1. The van der Waals surface area contributed by atoms with Crippen LogP contribution in [-0.2, 0) is 20.6 Å². The predicted octanol–water partition coefficient (Wildman–Crippen LogP) is 3.31. The van der Waals surface area contributed by atoms with Gasteiger partial charge in [-0.3, -0.25) is 4.79 Å². The fourth-order valence-corrected chi connectivity index (χ4v) is 6.29. The Morgan fingerprint density at radius 3 is 2.76 bits per heavy atom. The van der Waals surface area contributed by atoms with Gasteiger partial charge in [-0.25, -0.2) is 12.7 Å². The monoisotopic (exact) mass is 452 g/mol. The summed E-state index contributed by atoms with van der Waals surface area (Å²) in [5.74, 6) is 0.371. The molecule has 0 unspecified atom stereocenters. The molecule has 7 nitrogen and oxygen atoms in total. The fourth-order valence-electron chi connectivity index (χ4n) is 3.11. The van der Waals surface area contributed by atoms with Gasteiger partial charge < -0.3 is 5.32 Å². The summed E-state index contributed by atoms with van der Waals surface area (Å²) in [6.45, 7) is 6.28. The van der Waals surface area contributed by atoms with Crippen LogP contribution in [0.1, 0.15) is 24.0 Å². The number of benzene rings is 1. The van der Waals surface area contributed by atoms with E-state index in [1.54, 1.807) is 6.08 Å². The van der Waals surface area contributed by atoms with Crippen molar-refractivity contribution in [3.8, 4) is 0 Å². The predicted molar refractivity (Wildman–Crippen MR) is 118 cm³/mol. The minimum atomic E-state index is -3.40. The summed E-state index contributed by atoms with van der Waals surface area (Å²) in [6.07, 6.45) is 2.77. The number of aryl methyl sites for hydroxylation is 1. The first kappa shape index (κ1) is 21.9. The molecule has 0 radical (unpaired) electrons. The standard InChI is InChI=1S/C19H24N4O3S3/c1-3-12-27-19-22-21-18(28-19)20-17(24)15-8-10-23(11-9-15)29(25,26)13-16-7-5-4-6-14(16)2/h3-7,15H,1,8-13H2,2H3,(H,20,21,24). The van der Waals surface area contributed by atoms with E-state index < -0.39 is 10.0 Å². The summed E-state index contributed by atoms with van der Waals surface area (Å²) in [7, 11) is -3.40. The number of piperidine rings is 1. The summed E-state index contributed by atoms with van der Waals surface area (Å²) >= 11 is 2.84. The molecule has 10 heteroatoms. The molecule has 1 aliphatic rings. The molecule has 0 spiro atoms. The lowest BCUT2D eigenvalue weighted by Crippen LogP contribution is -2.41. The summed E-state index contributed by atoms with van der Waals surface area (Å²) in [5.41, 5.74) is 1.78. The van der Waals surface area contributed by atoms with Crippen LogP contribution in [0.4, 0.5) is 5.13 Å². The molecule has 29 heavy (non-hydrogen) atoms. The van der Waals surface area contributed by atoms with E-state index >= 15 is 0 Å². The maximum absolute atomic E-state index is 12.8. The van der Waals surface area contributed by atoms with Crippen molar-refractivity contribution in [2.24, 2.45) is 5.92 Å². The van der Waals surface area contributed by atoms with E-state index in [0.717, 1.165) is 21.2 Å². The Hall–Kier alpha value is -1.75. The summed E-state index contributed by atoms with van der Waals surface area (Å²) in [5, 5.41) is 11.3. The van der Waals surface area contributed by atoms with Crippen molar-refractivity contribution >= 4 is 44.2 Å². The van der Waals surface area contributed by atoms with Crippen LogP contribution in [0.5, 0.6) is 0 Å². The van der Waals surface area contributed by atoms with Crippen molar-refractivity contribution in [2.45, 2.75) is 29.9 Å². The Kier molecular flexibility index (Phi) is 7.44. The van der Waals surface area contributed by atoms with Crippen LogP contribution in [0.15, 0.2) is 41.3 Å². The molecule has 1 saturated heterocycles. The number of nitrogens with one attached hydrogen (secondary N) is 1. The highest BCUT2D eigenvalue weighted by Crippen LogP contribution is 2.27. The SMILES string of the molecule is C=CCSc1nnc(NC(=O)C2CCN(S(=O)(=O)Cc3ccccc3C)CC2)s1. The topological polar surface area (TPSA) is 92.3 Å². The van der Waals surface area contributed by atoms with Crippen molar-refractivity contribution in [1.82, 2.24) is 14.5 Å². The number of amides is 1. The second-order valence-corrected chi connectivity index (χ2v) is 11.0. The molecule has 1 aromatic carbocycles.